The van der Waals surface area contributed by atoms with E-state index in [1.165, 1.54) is 11.1 Å². The first kappa shape index (κ1) is 9.46. The Morgan fingerprint density at radius 1 is 1.29 bits per heavy atom. The molecule has 0 radical (unpaired) electrons. The van der Waals surface area contributed by atoms with Gasteiger partial charge >= 0.3 is 0 Å². The van der Waals surface area contributed by atoms with Crippen LogP contribution in [0.3, 0.4) is 0 Å². The third kappa shape index (κ3) is 1.38. The fourth-order valence-corrected chi connectivity index (χ4v) is 2.72. The molecular weight excluding hydrogens is 197 g/mol. The molecule has 1 aromatic carbocycles. The second-order valence-corrected chi connectivity index (χ2v) is 4.60. The normalized spacial score (nSPS) is 10.9. The van der Waals surface area contributed by atoms with E-state index in [0.717, 1.165) is 15.6 Å². The van der Waals surface area contributed by atoms with Crippen molar-refractivity contribution in [2.75, 3.05) is 19.0 Å². The van der Waals surface area contributed by atoms with Gasteiger partial charge in [0.15, 0.2) is 0 Å². The van der Waals surface area contributed by atoms with Crippen LogP contribution in [0.5, 0.6) is 0 Å². The second kappa shape index (κ2) is 3.24. The second-order valence-electron chi connectivity index (χ2n) is 3.57. The van der Waals surface area contributed by atoms with Gasteiger partial charge in [0.05, 0.1) is 5.00 Å². The van der Waals surface area contributed by atoms with Crippen LogP contribution in [0.1, 0.15) is 5.56 Å². The van der Waals surface area contributed by atoms with Crippen molar-refractivity contribution in [3.8, 4) is 0 Å². The highest BCUT2D eigenvalue weighted by Crippen LogP contribution is 2.36. The lowest BCUT2D eigenvalue weighted by Crippen LogP contribution is -2.07. The highest BCUT2D eigenvalue weighted by molar-refractivity contribution is 7.23. The Kier molecular flexibility index (Phi) is 2.19. The Morgan fingerprint density at radius 3 is 2.64 bits per heavy atom. The Balaban J connectivity index is 2.74. The van der Waals surface area contributed by atoms with E-state index in [-0.39, 0.29) is 5.82 Å². The average Bonchev–Trinajstić information content (AvgIpc) is 2.44. The minimum atomic E-state index is -0.163. The van der Waals surface area contributed by atoms with Gasteiger partial charge in [-0.1, -0.05) is 0 Å². The van der Waals surface area contributed by atoms with Crippen LogP contribution in [0.15, 0.2) is 18.2 Å². The number of rotatable bonds is 1. The monoisotopic (exact) mass is 209 g/mol. The molecule has 0 bridgehead atoms. The molecule has 0 aliphatic heterocycles. The van der Waals surface area contributed by atoms with Crippen molar-refractivity contribution in [2.24, 2.45) is 0 Å². The molecule has 14 heavy (non-hydrogen) atoms. The Morgan fingerprint density at radius 2 is 2.00 bits per heavy atom. The average molecular weight is 209 g/mol. The van der Waals surface area contributed by atoms with Gasteiger partial charge in [0.25, 0.3) is 0 Å². The van der Waals surface area contributed by atoms with E-state index in [9.17, 15) is 4.39 Å². The van der Waals surface area contributed by atoms with Crippen LogP contribution < -0.4 is 4.90 Å². The molecule has 0 aliphatic rings. The van der Waals surface area contributed by atoms with Crippen LogP contribution in [0.4, 0.5) is 9.39 Å². The van der Waals surface area contributed by atoms with E-state index in [2.05, 4.69) is 4.90 Å². The van der Waals surface area contributed by atoms with Gasteiger partial charge in [0, 0.05) is 24.2 Å². The smallest absolute Gasteiger partial charge is 0.123 e. The standard InChI is InChI=1S/C11H12FNS/c1-7-9-6-8(12)4-5-10(9)14-11(7)13(2)3/h4-6H,1-3H3. The molecule has 2 aromatic rings. The number of benzene rings is 1. The molecule has 0 saturated carbocycles. The van der Waals surface area contributed by atoms with E-state index in [1.807, 2.05) is 27.1 Å². The van der Waals surface area contributed by atoms with Gasteiger partial charge < -0.3 is 4.90 Å². The summed E-state index contributed by atoms with van der Waals surface area (Å²) in [6.07, 6.45) is 0. The van der Waals surface area contributed by atoms with E-state index in [4.69, 9.17) is 0 Å². The number of nitrogens with zero attached hydrogens (tertiary/aromatic N) is 1. The van der Waals surface area contributed by atoms with E-state index < -0.39 is 0 Å². The largest absolute Gasteiger partial charge is 0.369 e. The van der Waals surface area contributed by atoms with E-state index in [0.29, 0.717) is 0 Å². The number of hydrogen-bond donors (Lipinski definition) is 0. The van der Waals surface area contributed by atoms with Gasteiger partial charge in [-0.15, -0.1) is 11.3 Å². The molecule has 0 aliphatic carbocycles. The Hall–Kier alpha value is -1.09. The summed E-state index contributed by atoms with van der Waals surface area (Å²) < 4.78 is 14.2. The lowest BCUT2D eigenvalue weighted by molar-refractivity contribution is 0.630. The zero-order chi connectivity index (χ0) is 10.3. The van der Waals surface area contributed by atoms with Crippen molar-refractivity contribution in [3.63, 3.8) is 0 Å². The summed E-state index contributed by atoms with van der Waals surface area (Å²) >= 11 is 1.70. The number of fused-ring (bicyclic) bond motifs is 1. The minimum Gasteiger partial charge on any atom is -0.369 e. The summed E-state index contributed by atoms with van der Waals surface area (Å²) in [5, 5.41) is 2.23. The van der Waals surface area contributed by atoms with Crippen molar-refractivity contribution >= 4 is 26.4 Å². The zero-order valence-electron chi connectivity index (χ0n) is 8.47. The van der Waals surface area contributed by atoms with Crippen molar-refractivity contribution in [1.29, 1.82) is 0 Å². The third-order valence-corrected chi connectivity index (χ3v) is 3.72. The first-order chi connectivity index (χ1) is 6.59. The van der Waals surface area contributed by atoms with Crippen LogP contribution in [0.25, 0.3) is 10.1 Å². The van der Waals surface area contributed by atoms with Crippen molar-refractivity contribution < 1.29 is 4.39 Å². The number of halogens is 1. The predicted octanol–water partition coefficient (Wildman–Crippen LogP) is 3.41. The third-order valence-electron chi connectivity index (χ3n) is 2.28. The highest BCUT2D eigenvalue weighted by Gasteiger charge is 2.09. The molecule has 1 aromatic heterocycles. The molecular formula is C11H12FNS. The van der Waals surface area contributed by atoms with Crippen molar-refractivity contribution in [2.45, 2.75) is 6.92 Å². The fourth-order valence-electron chi connectivity index (χ4n) is 1.61. The maximum atomic E-state index is 13.0. The molecule has 1 nitrogen and oxygen atoms in total. The summed E-state index contributed by atoms with van der Waals surface area (Å²) in [6, 6.07) is 4.96. The molecule has 0 unspecified atom stereocenters. The molecule has 0 N–H and O–H groups in total. The zero-order valence-corrected chi connectivity index (χ0v) is 9.28. The molecule has 1 heterocycles. The van der Waals surface area contributed by atoms with Gasteiger partial charge in [0.1, 0.15) is 5.82 Å². The number of aryl methyl sites for hydroxylation is 1. The molecule has 74 valence electrons. The summed E-state index contributed by atoms with van der Waals surface area (Å²) in [4.78, 5) is 2.07. The first-order valence-electron chi connectivity index (χ1n) is 4.45. The maximum absolute atomic E-state index is 13.0. The number of anilines is 1. The van der Waals surface area contributed by atoms with Gasteiger partial charge in [-0.3, -0.25) is 0 Å². The summed E-state index contributed by atoms with van der Waals surface area (Å²) in [6.45, 7) is 2.04. The molecule has 0 atom stereocenters. The first-order valence-corrected chi connectivity index (χ1v) is 5.27. The van der Waals surface area contributed by atoms with Crippen LogP contribution in [-0.2, 0) is 0 Å². The molecule has 0 spiro atoms. The van der Waals surface area contributed by atoms with E-state index in [1.54, 1.807) is 17.4 Å². The van der Waals surface area contributed by atoms with Crippen LogP contribution in [0, 0.1) is 12.7 Å². The predicted molar refractivity (Wildman–Crippen MR) is 60.8 cm³/mol. The molecule has 2 rings (SSSR count). The molecule has 0 saturated heterocycles. The fraction of sp³-hybridized carbons (Fsp3) is 0.273. The lowest BCUT2D eigenvalue weighted by Gasteiger charge is -2.09. The lowest BCUT2D eigenvalue weighted by atomic mass is 10.2. The Labute approximate surface area is 86.8 Å². The number of thiophene rings is 1. The SMILES string of the molecule is Cc1c(N(C)C)sc2ccc(F)cc12. The highest BCUT2D eigenvalue weighted by atomic mass is 32.1. The van der Waals surface area contributed by atoms with Gasteiger partial charge in [-0.25, -0.2) is 4.39 Å². The topological polar surface area (TPSA) is 3.24 Å². The summed E-state index contributed by atoms with van der Waals surface area (Å²) in [5.74, 6) is -0.163. The summed E-state index contributed by atoms with van der Waals surface area (Å²) in [7, 11) is 4.02. The molecule has 0 fully saturated rings. The van der Waals surface area contributed by atoms with E-state index >= 15 is 0 Å². The van der Waals surface area contributed by atoms with Gasteiger partial charge in [0.2, 0.25) is 0 Å². The van der Waals surface area contributed by atoms with Crippen LogP contribution >= 0.6 is 11.3 Å². The quantitative estimate of drug-likeness (QED) is 0.695. The van der Waals surface area contributed by atoms with Crippen LogP contribution in [-0.4, -0.2) is 14.1 Å². The summed E-state index contributed by atoms with van der Waals surface area (Å²) in [5.41, 5.74) is 1.16. The maximum Gasteiger partial charge on any atom is 0.123 e. The van der Waals surface area contributed by atoms with Crippen molar-refractivity contribution in [1.82, 2.24) is 0 Å². The molecule has 3 heteroatoms. The molecule has 0 amide bonds. The van der Waals surface area contributed by atoms with Gasteiger partial charge in [-0.2, -0.15) is 0 Å². The minimum absolute atomic E-state index is 0.163. The van der Waals surface area contributed by atoms with Crippen molar-refractivity contribution in [3.05, 3.63) is 29.6 Å². The van der Waals surface area contributed by atoms with Gasteiger partial charge in [-0.05, 0) is 30.7 Å². The number of hydrogen-bond acceptors (Lipinski definition) is 2. The Bertz CT molecular complexity index is 473. The van der Waals surface area contributed by atoms with Crippen LogP contribution in [0.2, 0.25) is 0 Å².